The molecule has 0 radical (unpaired) electrons. The minimum absolute atomic E-state index is 0.142. The Morgan fingerprint density at radius 2 is 1.90 bits per heavy atom. The monoisotopic (exact) mass is 290 g/mol. The summed E-state index contributed by atoms with van der Waals surface area (Å²) in [5.41, 5.74) is 7.29. The second-order valence-corrected chi connectivity index (χ2v) is 4.83. The third kappa shape index (κ3) is 3.78. The van der Waals surface area contributed by atoms with Crippen molar-refractivity contribution in [3.8, 4) is 0 Å². The number of carbonyl (C=O) groups excluding carboxylic acids is 1. The van der Waals surface area contributed by atoms with Crippen LogP contribution < -0.4 is 11.1 Å². The molecule has 3 N–H and O–H groups in total. The van der Waals surface area contributed by atoms with Gasteiger partial charge < -0.3 is 11.1 Å². The van der Waals surface area contributed by atoms with Crippen molar-refractivity contribution < 1.29 is 13.6 Å². The third-order valence-electron chi connectivity index (χ3n) is 3.20. The summed E-state index contributed by atoms with van der Waals surface area (Å²) in [6, 6.07) is 9.26. The van der Waals surface area contributed by atoms with Crippen LogP contribution in [0.25, 0.3) is 0 Å². The van der Waals surface area contributed by atoms with E-state index < -0.39 is 11.6 Å². The highest BCUT2D eigenvalue weighted by atomic mass is 19.1. The molecule has 110 valence electrons. The van der Waals surface area contributed by atoms with Crippen LogP contribution in [-0.4, -0.2) is 5.91 Å². The van der Waals surface area contributed by atoms with Gasteiger partial charge in [-0.05, 0) is 36.6 Å². The maximum Gasteiger partial charge on any atom is 0.224 e. The van der Waals surface area contributed by atoms with Crippen LogP contribution in [0.4, 0.5) is 20.2 Å². The number of amides is 1. The summed E-state index contributed by atoms with van der Waals surface area (Å²) >= 11 is 0. The molecule has 2 aromatic rings. The molecule has 0 aliphatic carbocycles. The molecular formula is C16H16F2N2O. The molecule has 2 rings (SSSR count). The van der Waals surface area contributed by atoms with E-state index in [0.717, 1.165) is 17.7 Å². The van der Waals surface area contributed by atoms with Crippen LogP contribution in [0.15, 0.2) is 36.4 Å². The molecule has 0 bridgehead atoms. The van der Waals surface area contributed by atoms with Crippen molar-refractivity contribution in [1.29, 1.82) is 0 Å². The highest BCUT2D eigenvalue weighted by molar-refractivity contribution is 5.91. The van der Waals surface area contributed by atoms with Gasteiger partial charge in [0.1, 0.15) is 11.6 Å². The highest BCUT2D eigenvalue weighted by Crippen LogP contribution is 2.19. The van der Waals surface area contributed by atoms with Crippen LogP contribution >= 0.6 is 0 Å². The second-order valence-electron chi connectivity index (χ2n) is 4.83. The van der Waals surface area contributed by atoms with Crippen LogP contribution in [-0.2, 0) is 11.2 Å². The molecule has 0 unspecified atom stereocenters. The van der Waals surface area contributed by atoms with Crippen molar-refractivity contribution in [3.63, 3.8) is 0 Å². The summed E-state index contributed by atoms with van der Waals surface area (Å²) in [7, 11) is 0. The molecule has 5 heteroatoms. The van der Waals surface area contributed by atoms with Gasteiger partial charge in [-0.2, -0.15) is 0 Å². The first-order valence-corrected chi connectivity index (χ1v) is 6.56. The van der Waals surface area contributed by atoms with Crippen LogP contribution in [0.3, 0.4) is 0 Å². The van der Waals surface area contributed by atoms with Gasteiger partial charge in [0, 0.05) is 18.2 Å². The number of anilines is 2. The molecule has 3 nitrogen and oxygen atoms in total. The number of rotatable bonds is 4. The van der Waals surface area contributed by atoms with Crippen molar-refractivity contribution in [1.82, 2.24) is 0 Å². The number of para-hydroxylation sites is 1. The van der Waals surface area contributed by atoms with Gasteiger partial charge in [-0.1, -0.05) is 18.2 Å². The summed E-state index contributed by atoms with van der Waals surface area (Å²) < 4.78 is 27.0. The quantitative estimate of drug-likeness (QED) is 0.848. The lowest BCUT2D eigenvalue weighted by atomic mass is 10.1. The molecule has 0 saturated carbocycles. The van der Waals surface area contributed by atoms with E-state index in [9.17, 15) is 13.6 Å². The largest absolute Gasteiger partial charge is 0.399 e. The number of hydrogen-bond acceptors (Lipinski definition) is 2. The van der Waals surface area contributed by atoms with E-state index in [4.69, 9.17) is 5.73 Å². The molecule has 0 fully saturated rings. The molecular weight excluding hydrogens is 274 g/mol. The van der Waals surface area contributed by atoms with Crippen LogP contribution in [0.5, 0.6) is 0 Å². The number of nitrogens with two attached hydrogens (primary N) is 1. The molecule has 2 aromatic carbocycles. The Morgan fingerprint density at radius 1 is 1.19 bits per heavy atom. The van der Waals surface area contributed by atoms with E-state index in [-0.39, 0.29) is 23.6 Å². The molecule has 0 spiro atoms. The topological polar surface area (TPSA) is 55.1 Å². The van der Waals surface area contributed by atoms with Crippen molar-refractivity contribution in [3.05, 3.63) is 59.2 Å². The van der Waals surface area contributed by atoms with Gasteiger partial charge in [-0.15, -0.1) is 0 Å². The normalized spacial score (nSPS) is 10.4. The molecule has 0 aliphatic rings. The number of benzene rings is 2. The van der Waals surface area contributed by atoms with E-state index in [1.54, 1.807) is 6.07 Å². The Kier molecular flexibility index (Phi) is 4.52. The average Bonchev–Trinajstić information content (AvgIpc) is 2.44. The Balaban J connectivity index is 1.99. The van der Waals surface area contributed by atoms with Crippen LogP contribution in [0.1, 0.15) is 17.5 Å². The first-order chi connectivity index (χ1) is 9.97. The van der Waals surface area contributed by atoms with Crippen molar-refractivity contribution in [2.45, 2.75) is 19.8 Å². The number of carbonyl (C=O) groups is 1. The lowest BCUT2D eigenvalue weighted by Gasteiger charge is -2.09. The number of nitrogens with one attached hydrogen (secondary N) is 1. The van der Waals surface area contributed by atoms with Crippen molar-refractivity contribution in [2.75, 3.05) is 11.1 Å². The minimum atomic E-state index is -0.651. The third-order valence-corrected chi connectivity index (χ3v) is 3.20. The minimum Gasteiger partial charge on any atom is -0.399 e. The standard InChI is InChI=1S/C16H16F2N2O/c1-10-8-13(18)15(9-12(10)17)20-16(21)7-6-11-4-2-3-5-14(11)19/h2-5,8-9H,6-7,19H2,1H3,(H,20,21). The number of hydrogen-bond donors (Lipinski definition) is 2. The zero-order chi connectivity index (χ0) is 15.4. The summed E-state index contributed by atoms with van der Waals surface area (Å²) in [4.78, 5) is 11.8. The first-order valence-electron chi connectivity index (χ1n) is 6.56. The Labute approximate surface area is 121 Å². The lowest BCUT2D eigenvalue weighted by molar-refractivity contribution is -0.116. The fourth-order valence-corrected chi connectivity index (χ4v) is 1.96. The van der Waals surface area contributed by atoms with Gasteiger partial charge in [0.25, 0.3) is 0 Å². The zero-order valence-electron chi connectivity index (χ0n) is 11.6. The average molecular weight is 290 g/mol. The van der Waals surface area contributed by atoms with Gasteiger partial charge in [0.2, 0.25) is 5.91 Å². The molecule has 0 aromatic heterocycles. The Morgan fingerprint density at radius 3 is 2.62 bits per heavy atom. The van der Waals surface area contributed by atoms with Gasteiger partial charge >= 0.3 is 0 Å². The molecule has 1 amide bonds. The van der Waals surface area contributed by atoms with Gasteiger partial charge in [0.15, 0.2) is 0 Å². The summed E-state index contributed by atoms with van der Waals surface area (Å²) in [5.74, 6) is -1.60. The van der Waals surface area contributed by atoms with Crippen LogP contribution in [0.2, 0.25) is 0 Å². The first kappa shape index (κ1) is 15.0. The predicted octanol–water partition coefficient (Wildman–Crippen LogP) is 3.43. The molecule has 0 saturated heterocycles. The lowest BCUT2D eigenvalue weighted by Crippen LogP contribution is -2.14. The fourth-order valence-electron chi connectivity index (χ4n) is 1.96. The summed E-state index contributed by atoms with van der Waals surface area (Å²) in [5, 5.41) is 2.37. The molecule has 0 atom stereocenters. The maximum absolute atomic E-state index is 13.6. The van der Waals surface area contributed by atoms with E-state index in [0.29, 0.717) is 12.1 Å². The van der Waals surface area contributed by atoms with Crippen LogP contribution in [0, 0.1) is 18.6 Å². The number of nitrogen functional groups attached to an aromatic ring is 1. The Bertz CT molecular complexity index is 671. The van der Waals surface area contributed by atoms with Crippen molar-refractivity contribution in [2.24, 2.45) is 0 Å². The highest BCUT2D eigenvalue weighted by Gasteiger charge is 2.11. The van der Waals surface area contributed by atoms with Gasteiger partial charge in [0.05, 0.1) is 5.69 Å². The van der Waals surface area contributed by atoms with Gasteiger partial charge in [-0.3, -0.25) is 4.79 Å². The zero-order valence-corrected chi connectivity index (χ0v) is 11.6. The van der Waals surface area contributed by atoms with E-state index in [2.05, 4.69) is 5.32 Å². The van der Waals surface area contributed by atoms with E-state index >= 15 is 0 Å². The second kappa shape index (κ2) is 6.35. The maximum atomic E-state index is 13.6. The van der Waals surface area contributed by atoms with E-state index in [1.807, 2.05) is 18.2 Å². The number of halogens is 2. The molecule has 0 heterocycles. The summed E-state index contributed by atoms with van der Waals surface area (Å²) in [6.07, 6.45) is 0.581. The fraction of sp³-hybridized carbons (Fsp3) is 0.188. The molecule has 21 heavy (non-hydrogen) atoms. The van der Waals surface area contributed by atoms with Crippen molar-refractivity contribution >= 4 is 17.3 Å². The predicted molar refractivity (Wildman–Crippen MR) is 78.9 cm³/mol. The number of aryl methyl sites for hydroxylation is 2. The Hall–Kier alpha value is -2.43. The van der Waals surface area contributed by atoms with E-state index in [1.165, 1.54) is 6.92 Å². The smallest absolute Gasteiger partial charge is 0.224 e. The summed E-state index contributed by atoms with van der Waals surface area (Å²) in [6.45, 7) is 1.46. The molecule has 0 aliphatic heterocycles. The van der Waals surface area contributed by atoms with Gasteiger partial charge in [-0.25, -0.2) is 8.78 Å². The SMILES string of the molecule is Cc1cc(F)c(NC(=O)CCc2ccccc2N)cc1F.